The number of carbonyl (C=O) groups excluding carboxylic acids is 1. The van der Waals surface area contributed by atoms with Crippen molar-refractivity contribution in [1.82, 2.24) is 4.90 Å². The number of benzene rings is 1. The third-order valence-electron chi connectivity index (χ3n) is 3.58. The summed E-state index contributed by atoms with van der Waals surface area (Å²) in [6.45, 7) is 5.50. The molecular weight excluding hydrogens is 308 g/mol. The summed E-state index contributed by atoms with van der Waals surface area (Å²) in [5, 5.41) is 12.0. The minimum atomic E-state index is -0.0881. The van der Waals surface area contributed by atoms with Crippen molar-refractivity contribution in [3.63, 3.8) is 0 Å². The van der Waals surface area contributed by atoms with Gasteiger partial charge < -0.3 is 15.3 Å². The first kappa shape index (κ1) is 14.3. The van der Waals surface area contributed by atoms with Gasteiger partial charge in [0.05, 0.1) is 0 Å². The minimum absolute atomic E-state index is 0.0881. The number of urea groups is 1. The lowest BCUT2D eigenvalue weighted by atomic mass is 10.1. The predicted molar refractivity (Wildman–Crippen MR) is 79.4 cm³/mol. The van der Waals surface area contributed by atoms with Gasteiger partial charge in [-0.15, -0.1) is 0 Å². The number of aliphatic hydroxyl groups excluding tert-OH is 1. The van der Waals surface area contributed by atoms with Gasteiger partial charge in [0.2, 0.25) is 0 Å². The van der Waals surface area contributed by atoms with E-state index >= 15 is 0 Å². The molecule has 1 atom stereocenters. The van der Waals surface area contributed by atoms with Gasteiger partial charge in [-0.2, -0.15) is 0 Å². The van der Waals surface area contributed by atoms with Gasteiger partial charge in [0, 0.05) is 35.8 Å². The lowest BCUT2D eigenvalue weighted by Gasteiger charge is -2.18. The van der Waals surface area contributed by atoms with E-state index in [0.717, 1.165) is 27.7 Å². The Hall–Kier alpha value is -1.07. The number of amides is 2. The fourth-order valence-corrected chi connectivity index (χ4v) is 2.66. The molecule has 104 valence electrons. The first-order valence-electron chi connectivity index (χ1n) is 6.44. The van der Waals surface area contributed by atoms with E-state index in [-0.39, 0.29) is 18.6 Å². The maximum atomic E-state index is 12.1. The Morgan fingerprint density at radius 2 is 2.21 bits per heavy atom. The number of carbonyl (C=O) groups is 1. The molecule has 1 fully saturated rings. The Balaban J connectivity index is 2.05. The quantitative estimate of drug-likeness (QED) is 0.878. The van der Waals surface area contributed by atoms with E-state index < -0.39 is 0 Å². The lowest BCUT2D eigenvalue weighted by molar-refractivity contribution is 0.208. The fraction of sp³-hybridized carbons (Fsp3) is 0.500. The zero-order chi connectivity index (χ0) is 14.0. The first-order valence-corrected chi connectivity index (χ1v) is 7.24. The topological polar surface area (TPSA) is 52.6 Å². The summed E-state index contributed by atoms with van der Waals surface area (Å²) in [4.78, 5) is 13.9. The number of nitrogens with one attached hydrogen (secondary N) is 1. The normalized spacial score (nSPS) is 18.7. The second-order valence-corrected chi connectivity index (χ2v) is 5.98. The zero-order valence-corrected chi connectivity index (χ0v) is 12.8. The molecule has 0 aliphatic carbocycles. The largest absolute Gasteiger partial charge is 0.396 e. The molecule has 0 aromatic heterocycles. The van der Waals surface area contributed by atoms with Crippen LogP contribution in [0.5, 0.6) is 0 Å². The Morgan fingerprint density at radius 3 is 2.84 bits per heavy atom. The van der Waals surface area contributed by atoms with Gasteiger partial charge >= 0.3 is 6.03 Å². The molecule has 1 aliphatic heterocycles. The van der Waals surface area contributed by atoms with Crippen molar-refractivity contribution in [2.45, 2.75) is 20.3 Å². The van der Waals surface area contributed by atoms with Crippen molar-refractivity contribution in [2.75, 3.05) is 25.0 Å². The van der Waals surface area contributed by atoms with E-state index in [1.54, 1.807) is 4.90 Å². The molecule has 19 heavy (non-hydrogen) atoms. The highest BCUT2D eigenvalue weighted by Crippen LogP contribution is 2.25. The number of aryl methyl sites for hydroxylation is 2. The van der Waals surface area contributed by atoms with Gasteiger partial charge in [-0.05, 0) is 37.5 Å². The maximum absolute atomic E-state index is 12.1. The summed E-state index contributed by atoms with van der Waals surface area (Å²) in [6, 6.07) is 3.89. The van der Waals surface area contributed by atoms with Crippen LogP contribution in [0.2, 0.25) is 0 Å². The van der Waals surface area contributed by atoms with Gasteiger partial charge in [-0.3, -0.25) is 0 Å². The minimum Gasteiger partial charge on any atom is -0.396 e. The first-order chi connectivity index (χ1) is 9.01. The Kier molecular flexibility index (Phi) is 4.47. The molecule has 5 heteroatoms. The average Bonchev–Trinajstić information content (AvgIpc) is 2.84. The number of anilines is 1. The molecule has 2 amide bonds. The van der Waals surface area contributed by atoms with Crippen LogP contribution < -0.4 is 5.32 Å². The number of aliphatic hydroxyl groups is 1. The van der Waals surface area contributed by atoms with Gasteiger partial charge in [0.1, 0.15) is 0 Å². The molecule has 0 spiro atoms. The Morgan fingerprint density at radius 1 is 1.47 bits per heavy atom. The number of rotatable bonds is 2. The second-order valence-electron chi connectivity index (χ2n) is 5.13. The molecule has 1 aliphatic rings. The second kappa shape index (κ2) is 5.92. The standard InChI is InChI=1S/C14H19BrN2O2/c1-9-5-10(2)13(6-12(9)15)16-14(19)17-4-3-11(7-17)8-18/h5-6,11,18H,3-4,7-8H2,1-2H3,(H,16,19)/t11-/m1/s1. The molecule has 1 aromatic rings. The molecule has 1 heterocycles. The van der Waals surface area contributed by atoms with Crippen molar-refractivity contribution in [3.05, 3.63) is 27.7 Å². The zero-order valence-electron chi connectivity index (χ0n) is 11.2. The summed E-state index contributed by atoms with van der Waals surface area (Å²) in [5.41, 5.74) is 3.03. The van der Waals surface area contributed by atoms with Crippen LogP contribution in [0.25, 0.3) is 0 Å². The van der Waals surface area contributed by atoms with Crippen molar-refractivity contribution < 1.29 is 9.90 Å². The molecule has 0 bridgehead atoms. The maximum Gasteiger partial charge on any atom is 0.321 e. The van der Waals surface area contributed by atoms with Crippen LogP contribution in [0.1, 0.15) is 17.5 Å². The van der Waals surface area contributed by atoms with Crippen molar-refractivity contribution in [3.8, 4) is 0 Å². The van der Waals surface area contributed by atoms with Gasteiger partial charge in [0.15, 0.2) is 0 Å². The van der Waals surface area contributed by atoms with E-state index in [4.69, 9.17) is 5.11 Å². The van der Waals surface area contributed by atoms with Crippen LogP contribution in [0.4, 0.5) is 10.5 Å². The van der Waals surface area contributed by atoms with E-state index in [2.05, 4.69) is 21.2 Å². The van der Waals surface area contributed by atoms with Gasteiger partial charge in [0.25, 0.3) is 0 Å². The third-order valence-corrected chi connectivity index (χ3v) is 4.43. The summed E-state index contributed by atoms with van der Waals surface area (Å²) in [7, 11) is 0. The molecule has 2 N–H and O–H groups in total. The summed E-state index contributed by atoms with van der Waals surface area (Å²) in [6.07, 6.45) is 0.875. The highest BCUT2D eigenvalue weighted by molar-refractivity contribution is 9.10. The predicted octanol–water partition coefficient (Wildman–Crippen LogP) is 2.91. The number of hydrogen-bond donors (Lipinski definition) is 2. The smallest absolute Gasteiger partial charge is 0.321 e. The van der Waals surface area contributed by atoms with E-state index in [1.807, 2.05) is 26.0 Å². The molecule has 2 rings (SSSR count). The molecule has 4 nitrogen and oxygen atoms in total. The number of hydrogen-bond acceptors (Lipinski definition) is 2. The monoisotopic (exact) mass is 326 g/mol. The van der Waals surface area contributed by atoms with E-state index in [9.17, 15) is 4.79 Å². The van der Waals surface area contributed by atoms with Crippen LogP contribution in [0.15, 0.2) is 16.6 Å². The van der Waals surface area contributed by atoms with Crippen LogP contribution in [-0.2, 0) is 0 Å². The average molecular weight is 327 g/mol. The van der Waals surface area contributed by atoms with E-state index in [0.29, 0.717) is 13.1 Å². The van der Waals surface area contributed by atoms with Crippen LogP contribution >= 0.6 is 15.9 Å². The molecular formula is C14H19BrN2O2. The van der Waals surface area contributed by atoms with Crippen LogP contribution in [0, 0.1) is 19.8 Å². The number of likely N-dealkylation sites (tertiary alicyclic amines) is 1. The van der Waals surface area contributed by atoms with Crippen LogP contribution in [-0.4, -0.2) is 35.7 Å². The molecule has 1 saturated heterocycles. The summed E-state index contributed by atoms with van der Waals surface area (Å²) >= 11 is 3.48. The Labute approximate surface area is 121 Å². The molecule has 0 radical (unpaired) electrons. The Bertz CT molecular complexity index is 491. The molecule has 0 unspecified atom stereocenters. The highest BCUT2D eigenvalue weighted by atomic mass is 79.9. The molecule has 0 saturated carbocycles. The van der Waals surface area contributed by atoms with Crippen molar-refractivity contribution >= 4 is 27.6 Å². The van der Waals surface area contributed by atoms with Crippen LogP contribution in [0.3, 0.4) is 0 Å². The third kappa shape index (κ3) is 3.28. The highest BCUT2D eigenvalue weighted by Gasteiger charge is 2.25. The fourth-order valence-electron chi connectivity index (χ4n) is 2.32. The van der Waals surface area contributed by atoms with Gasteiger partial charge in [-0.25, -0.2) is 4.79 Å². The van der Waals surface area contributed by atoms with Crippen molar-refractivity contribution in [2.24, 2.45) is 5.92 Å². The number of nitrogens with zero attached hydrogens (tertiary/aromatic N) is 1. The summed E-state index contributed by atoms with van der Waals surface area (Å²) < 4.78 is 0.989. The van der Waals surface area contributed by atoms with Gasteiger partial charge in [-0.1, -0.05) is 22.0 Å². The van der Waals surface area contributed by atoms with E-state index in [1.165, 1.54) is 0 Å². The molecule has 1 aromatic carbocycles. The van der Waals surface area contributed by atoms with Crippen molar-refractivity contribution in [1.29, 1.82) is 0 Å². The lowest BCUT2D eigenvalue weighted by Crippen LogP contribution is -2.33. The SMILES string of the molecule is Cc1cc(C)c(NC(=O)N2CC[C@@H](CO)C2)cc1Br. The summed E-state index contributed by atoms with van der Waals surface area (Å²) in [5.74, 6) is 0.219. The number of halogens is 1.